The Kier molecular flexibility index (Phi) is 7.59. The summed E-state index contributed by atoms with van der Waals surface area (Å²) in [5.41, 5.74) is 2.96. The number of rotatable bonds is 8. The average molecular weight is 549 g/mol. The highest BCUT2D eigenvalue weighted by Gasteiger charge is 2.42. The molecular formula is C28H25ClN4O4S. The van der Waals surface area contributed by atoms with Gasteiger partial charge in [-0.05, 0) is 78.9 Å². The average Bonchev–Trinajstić information content (AvgIpc) is 3.54. The number of ether oxygens (including phenoxy) is 2. The van der Waals surface area contributed by atoms with Gasteiger partial charge < -0.3 is 29.4 Å². The van der Waals surface area contributed by atoms with Gasteiger partial charge in [-0.3, -0.25) is 9.78 Å². The first-order valence-corrected chi connectivity index (χ1v) is 12.6. The summed E-state index contributed by atoms with van der Waals surface area (Å²) in [7, 11) is 3.01. The summed E-state index contributed by atoms with van der Waals surface area (Å²) in [6.07, 6.45) is 1.75. The van der Waals surface area contributed by atoms with Gasteiger partial charge in [0.25, 0.3) is 0 Å². The lowest BCUT2D eigenvalue weighted by atomic mass is 10.0. The van der Waals surface area contributed by atoms with Gasteiger partial charge in [0.2, 0.25) is 5.91 Å². The van der Waals surface area contributed by atoms with E-state index in [1.54, 1.807) is 19.4 Å². The van der Waals surface area contributed by atoms with E-state index < -0.39 is 0 Å². The van der Waals surface area contributed by atoms with E-state index in [2.05, 4.69) is 15.6 Å². The zero-order valence-corrected chi connectivity index (χ0v) is 22.3. The summed E-state index contributed by atoms with van der Waals surface area (Å²) in [5.74, 6) is 1.61. The SMILES string of the molecule is COCC(=O)Nc1cc(N2C(=S)N[C@@H](c3ccccn3)[C@H]2c2ccc(-c3ccc(Cl)cc3)o2)ccc1OC. The molecule has 0 spiro atoms. The lowest BCUT2D eigenvalue weighted by molar-refractivity contribution is -0.119. The topological polar surface area (TPSA) is 88.9 Å². The van der Waals surface area contributed by atoms with Crippen LogP contribution in [0.4, 0.5) is 11.4 Å². The molecule has 8 nitrogen and oxygen atoms in total. The smallest absolute Gasteiger partial charge is 0.250 e. The van der Waals surface area contributed by atoms with Crippen LogP contribution >= 0.6 is 23.8 Å². The van der Waals surface area contributed by atoms with Gasteiger partial charge in [0.1, 0.15) is 29.9 Å². The summed E-state index contributed by atoms with van der Waals surface area (Å²) in [6, 6.07) is 21.9. The van der Waals surface area contributed by atoms with Gasteiger partial charge >= 0.3 is 0 Å². The number of thiocarbonyl (C=S) groups is 1. The molecule has 10 heteroatoms. The number of furan rings is 1. The lowest BCUT2D eigenvalue weighted by Gasteiger charge is -2.27. The molecule has 0 saturated carbocycles. The van der Waals surface area contributed by atoms with E-state index in [9.17, 15) is 4.79 Å². The molecule has 2 aromatic carbocycles. The molecule has 1 aliphatic rings. The van der Waals surface area contributed by atoms with Crippen LogP contribution < -0.4 is 20.3 Å². The Hall–Kier alpha value is -3.92. The molecule has 38 heavy (non-hydrogen) atoms. The normalized spacial score (nSPS) is 16.8. The van der Waals surface area contributed by atoms with Crippen LogP contribution in [0.2, 0.25) is 5.02 Å². The van der Waals surface area contributed by atoms with Gasteiger partial charge in [-0.15, -0.1) is 0 Å². The molecule has 3 heterocycles. The van der Waals surface area contributed by atoms with Crippen LogP contribution in [0.25, 0.3) is 11.3 Å². The number of carbonyl (C=O) groups excluding carboxylic acids is 1. The maximum Gasteiger partial charge on any atom is 0.250 e. The molecule has 1 aliphatic heterocycles. The Labute approximate surface area is 230 Å². The predicted octanol–water partition coefficient (Wildman–Crippen LogP) is 5.77. The number of nitrogens with zero attached hydrogens (tertiary/aromatic N) is 2. The number of anilines is 2. The van der Waals surface area contributed by atoms with E-state index in [1.165, 1.54) is 7.11 Å². The summed E-state index contributed by atoms with van der Waals surface area (Å²) in [5, 5.41) is 7.40. The minimum atomic E-state index is -0.366. The third kappa shape index (κ3) is 5.22. The Bertz CT molecular complexity index is 1450. The van der Waals surface area contributed by atoms with Crippen LogP contribution in [0.5, 0.6) is 5.75 Å². The van der Waals surface area contributed by atoms with Crippen molar-refractivity contribution in [3.8, 4) is 17.1 Å². The van der Waals surface area contributed by atoms with Gasteiger partial charge in [0.15, 0.2) is 5.11 Å². The molecule has 1 amide bonds. The third-order valence-corrected chi connectivity index (χ3v) is 6.72. The monoisotopic (exact) mass is 548 g/mol. The van der Waals surface area contributed by atoms with Gasteiger partial charge in [-0.25, -0.2) is 0 Å². The van der Waals surface area contributed by atoms with Crippen molar-refractivity contribution in [2.24, 2.45) is 0 Å². The number of hydrogen-bond donors (Lipinski definition) is 2. The third-order valence-electron chi connectivity index (χ3n) is 6.16. The fourth-order valence-electron chi connectivity index (χ4n) is 4.46. The molecule has 0 aliphatic carbocycles. The summed E-state index contributed by atoms with van der Waals surface area (Å²) in [6.45, 7) is -0.0820. The van der Waals surface area contributed by atoms with Crippen LogP contribution in [-0.4, -0.2) is 36.8 Å². The standard InChI is InChI=1S/C28H25ClN4O4S/c1-35-16-25(34)31-21-15-19(10-11-23(21)36-2)33-27(26(32-28(33)38)20-5-3-4-14-30-20)24-13-12-22(37-24)17-6-8-18(29)9-7-17/h3-15,26-27H,16H2,1-2H3,(H,31,34)(H,32,38)/t26-,27+/m0/s1. The Morgan fingerprint density at radius 1 is 1.13 bits per heavy atom. The van der Waals surface area contributed by atoms with Crippen molar-refractivity contribution in [3.05, 3.63) is 95.5 Å². The van der Waals surface area contributed by atoms with Crippen LogP contribution in [0, 0.1) is 0 Å². The Morgan fingerprint density at radius 3 is 2.66 bits per heavy atom. The van der Waals surface area contributed by atoms with Gasteiger partial charge in [-0.2, -0.15) is 0 Å². The van der Waals surface area contributed by atoms with E-state index in [1.807, 2.05) is 71.6 Å². The van der Waals surface area contributed by atoms with Crippen molar-refractivity contribution in [1.29, 1.82) is 0 Å². The van der Waals surface area contributed by atoms with Crippen LogP contribution in [0.1, 0.15) is 23.5 Å². The number of amides is 1. The molecule has 1 saturated heterocycles. The molecule has 4 aromatic rings. The predicted molar refractivity (Wildman–Crippen MR) is 151 cm³/mol. The first-order valence-electron chi connectivity index (χ1n) is 11.8. The highest BCUT2D eigenvalue weighted by Crippen LogP contribution is 2.44. The molecule has 194 valence electrons. The number of aromatic nitrogens is 1. The van der Waals surface area contributed by atoms with E-state index >= 15 is 0 Å². The lowest BCUT2D eigenvalue weighted by Crippen LogP contribution is -2.29. The fraction of sp³-hybridized carbons (Fsp3) is 0.179. The first-order chi connectivity index (χ1) is 18.5. The Morgan fingerprint density at radius 2 is 1.95 bits per heavy atom. The van der Waals surface area contributed by atoms with E-state index in [-0.39, 0.29) is 24.6 Å². The summed E-state index contributed by atoms with van der Waals surface area (Å²) in [4.78, 5) is 18.8. The van der Waals surface area contributed by atoms with Crippen molar-refractivity contribution in [2.45, 2.75) is 12.1 Å². The zero-order chi connectivity index (χ0) is 26.6. The number of methoxy groups -OCH3 is 2. The van der Waals surface area contributed by atoms with E-state index in [0.29, 0.717) is 33.1 Å². The van der Waals surface area contributed by atoms with Crippen molar-refractivity contribution in [3.63, 3.8) is 0 Å². The second-order valence-electron chi connectivity index (χ2n) is 8.57. The van der Waals surface area contributed by atoms with Crippen molar-refractivity contribution >= 4 is 46.2 Å². The molecule has 2 aromatic heterocycles. The number of benzene rings is 2. The molecule has 0 bridgehead atoms. The van der Waals surface area contributed by atoms with E-state index in [0.717, 1.165) is 16.9 Å². The number of halogens is 1. The van der Waals surface area contributed by atoms with Crippen molar-refractivity contribution < 1.29 is 18.7 Å². The largest absolute Gasteiger partial charge is 0.495 e. The quantitative estimate of drug-likeness (QED) is 0.268. The van der Waals surface area contributed by atoms with Crippen molar-refractivity contribution in [2.75, 3.05) is 31.0 Å². The summed E-state index contributed by atoms with van der Waals surface area (Å²) >= 11 is 11.9. The second kappa shape index (κ2) is 11.2. The maximum atomic E-state index is 12.3. The molecule has 2 atom stereocenters. The fourth-order valence-corrected chi connectivity index (χ4v) is 4.94. The molecular weight excluding hydrogens is 524 g/mol. The van der Waals surface area contributed by atoms with Crippen LogP contribution in [-0.2, 0) is 9.53 Å². The Balaban J connectivity index is 1.57. The van der Waals surface area contributed by atoms with Gasteiger partial charge in [0, 0.05) is 29.6 Å². The molecule has 5 rings (SSSR count). The van der Waals surface area contributed by atoms with Crippen molar-refractivity contribution in [1.82, 2.24) is 10.3 Å². The number of nitrogens with one attached hydrogen (secondary N) is 2. The highest BCUT2D eigenvalue weighted by atomic mass is 35.5. The molecule has 2 N–H and O–H groups in total. The summed E-state index contributed by atoms with van der Waals surface area (Å²) < 4.78 is 16.8. The second-order valence-corrected chi connectivity index (χ2v) is 9.39. The van der Waals surface area contributed by atoms with Gasteiger partial charge in [0.05, 0.1) is 24.5 Å². The molecule has 1 fully saturated rings. The highest BCUT2D eigenvalue weighted by molar-refractivity contribution is 7.80. The van der Waals surface area contributed by atoms with Gasteiger partial charge in [-0.1, -0.05) is 17.7 Å². The van der Waals surface area contributed by atoms with Crippen LogP contribution in [0.15, 0.2) is 83.4 Å². The number of hydrogen-bond acceptors (Lipinski definition) is 6. The minimum Gasteiger partial charge on any atom is -0.495 e. The maximum absolute atomic E-state index is 12.3. The van der Waals surface area contributed by atoms with E-state index in [4.69, 9.17) is 37.7 Å². The molecule has 0 radical (unpaired) electrons. The number of carbonyl (C=O) groups is 1. The van der Waals surface area contributed by atoms with Crippen LogP contribution in [0.3, 0.4) is 0 Å². The molecule has 0 unspecified atom stereocenters. The first kappa shape index (κ1) is 25.7. The number of pyridine rings is 1. The zero-order valence-electron chi connectivity index (χ0n) is 20.7. The minimum absolute atomic E-state index is 0.0820.